The van der Waals surface area contributed by atoms with Crippen molar-refractivity contribution in [2.75, 3.05) is 9.80 Å². The molecule has 0 spiro atoms. The maximum Gasteiger partial charge on any atom is 0.0640 e. The lowest BCUT2D eigenvalue weighted by atomic mass is 9.73. The Bertz CT molecular complexity index is 2210. The van der Waals surface area contributed by atoms with Gasteiger partial charge in [0.15, 0.2) is 0 Å². The molecule has 3 heterocycles. The summed E-state index contributed by atoms with van der Waals surface area (Å²) < 4.78 is 2.62. The predicted octanol–water partition coefficient (Wildman–Crippen LogP) is 12.3. The number of para-hydroxylation sites is 4. The van der Waals surface area contributed by atoms with Crippen LogP contribution in [0.5, 0.6) is 0 Å². The summed E-state index contributed by atoms with van der Waals surface area (Å²) in [4.78, 5) is 4.95. The van der Waals surface area contributed by atoms with Gasteiger partial charge in [-0.25, -0.2) is 0 Å². The van der Waals surface area contributed by atoms with Crippen molar-refractivity contribution in [3.63, 3.8) is 0 Å². The number of hydrogen-bond acceptors (Lipinski definition) is 3. The number of fused-ring (bicyclic) bond motifs is 7. The highest BCUT2D eigenvalue weighted by Gasteiger charge is 2.38. The van der Waals surface area contributed by atoms with E-state index in [2.05, 4.69) is 171 Å². The Morgan fingerprint density at radius 2 is 0.867 bits per heavy atom. The van der Waals surface area contributed by atoms with E-state index in [1.807, 2.05) is 11.3 Å². The Hall–Kier alpha value is -4.86. The van der Waals surface area contributed by atoms with Crippen LogP contribution in [0, 0.1) is 0 Å². The third kappa shape index (κ3) is 3.62. The van der Waals surface area contributed by atoms with Gasteiger partial charge in [0.25, 0.3) is 0 Å². The van der Waals surface area contributed by atoms with Gasteiger partial charge in [-0.05, 0) is 70.8 Å². The smallest absolute Gasteiger partial charge is 0.0640 e. The quantitative estimate of drug-likeness (QED) is 0.195. The molecular weight excluding hydrogens is 565 g/mol. The SMILES string of the molecule is CC1(C)c2ccccc2N(c2ccc3sc4c(N5c6ccccc6C(C)(C)c6ccccc65)cccc4c3c2)c2ccccc21. The van der Waals surface area contributed by atoms with Crippen molar-refractivity contribution < 1.29 is 0 Å². The third-order valence-corrected chi connectivity index (χ3v) is 11.4. The summed E-state index contributed by atoms with van der Waals surface area (Å²) in [6.45, 7) is 9.39. The Balaban J connectivity index is 1.26. The molecule has 0 atom stereocenters. The summed E-state index contributed by atoms with van der Waals surface area (Å²) in [5.41, 5.74) is 12.7. The predicted molar refractivity (Wildman–Crippen MR) is 193 cm³/mol. The van der Waals surface area contributed by atoms with Crippen LogP contribution in [0.15, 0.2) is 133 Å². The molecule has 0 bridgehead atoms. The molecule has 6 aromatic carbocycles. The molecule has 218 valence electrons. The number of benzene rings is 6. The second-order valence-electron chi connectivity index (χ2n) is 13.4. The van der Waals surface area contributed by atoms with Crippen LogP contribution < -0.4 is 9.80 Å². The number of thiophene rings is 1. The van der Waals surface area contributed by atoms with E-state index < -0.39 is 0 Å². The van der Waals surface area contributed by atoms with Gasteiger partial charge in [-0.15, -0.1) is 11.3 Å². The lowest BCUT2D eigenvalue weighted by molar-refractivity contribution is 0.632. The fourth-order valence-corrected chi connectivity index (χ4v) is 9.15. The third-order valence-electron chi connectivity index (χ3n) is 10.2. The van der Waals surface area contributed by atoms with Crippen molar-refractivity contribution in [1.82, 2.24) is 0 Å². The minimum absolute atomic E-state index is 0.0760. The van der Waals surface area contributed by atoms with Crippen molar-refractivity contribution >= 4 is 65.6 Å². The monoisotopic (exact) mass is 598 g/mol. The van der Waals surface area contributed by atoms with E-state index in [1.165, 1.54) is 76.6 Å². The van der Waals surface area contributed by atoms with E-state index in [0.717, 1.165) is 0 Å². The maximum absolute atomic E-state index is 2.49. The standard InChI is InChI=1S/C42H34N2S/c1-41(2)30-15-5-9-19-34(30)43(35-20-10-6-16-31(35)41)27-24-25-39-29(26-27)28-14-13-23-38(40(28)45-39)44-36-21-11-7-17-32(36)42(3,4)33-18-8-12-22-37(33)44/h5-26H,1-4H3. The first-order valence-electron chi connectivity index (χ1n) is 15.8. The summed E-state index contributed by atoms with van der Waals surface area (Å²) in [6.07, 6.45) is 0. The van der Waals surface area contributed by atoms with Crippen molar-refractivity contribution in [2.45, 2.75) is 38.5 Å². The number of hydrogen-bond donors (Lipinski definition) is 0. The van der Waals surface area contributed by atoms with Crippen LogP contribution in [-0.4, -0.2) is 0 Å². The lowest BCUT2D eigenvalue weighted by Crippen LogP contribution is -2.30. The zero-order chi connectivity index (χ0) is 30.5. The van der Waals surface area contributed by atoms with E-state index in [0.29, 0.717) is 0 Å². The second kappa shape index (κ2) is 9.32. The highest BCUT2D eigenvalue weighted by molar-refractivity contribution is 7.26. The topological polar surface area (TPSA) is 6.48 Å². The largest absolute Gasteiger partial charge is 0.310 e. The summed E-state index contributed by atoms with van der Waals surface area (Å²) in [5, 5.41) is 2.60. The van der Waals surface area contributed by atoms with Gasteiger partial charge in [0.1, 0.15) is 0 Å². The number of anilines is 6. The molecule has 0 fully saturated rings. The van der Waals surface area contributed by atoms with Gasteiger partial charge in [-0.1, -0.05) is 113 Å². The Morgan fingerprint density at radius 1 is 0.422 bits per heavy atom. The van der Waals surface area contributed by atoms with Crippen LogP contribution >= 0.6 is 11.3 Å². The lowest BCUT2D eigenvalue weighted by Gasteiger charge is -2.42. The number of rotatable bonds is 2. The van der Waals surface area contributed by atoms with Gasteiger partial charge in [0.2, 0.25) is 0 Å². The van der Waals surface area contributed by atoms with E-state index in [9.17, 15) is 0 Å². The molecule has 0 saturated carbocycles. The zero-order valence-electron chi connectivity index (χ0n) is 26.0. The average Bonchev–Trinajstić information content (AvgIpc) is 3.44. The van der Waals surface area contributed by atoms with Crippen LogP contribution in [0.4, 0.5) is 34.1 Å². The first-order chi connectivity index (χ1) is 21.9. The summed E-state index contributed by atoms with van der Waals surface area (Å²) in [5.74, 6) is 0. The van der Waals surface area contributed by atoms with Crippen molar-refractivity contribution in [3.05, 3.63) is 156 Å². The van der Waals surface area contributed by atoms with Crippen molar-refractivity contribution in [2.24, 2.45) is 0 Å². The van der Waals surface area contributed by atoms with Gasteiger partial charge < -0.3 is 9.80 Å². The Morgan fingerprint density at radius 3 is 1.38 bits per heavy atom. The van der Waals surface area contributed by atoms with Crippen LogP contribution in [0.2, 0.25) is 0 Å². The molecule has 9 rings (SSSR count). The molecule has 7 aromatic rings. The normalized spacial score (nSPS) is 15.8. The Labute approximate surface area is 268 Å². The molecule has 2 nitrogen and oxygen atoms in total. The fourth-order valence-electron chi connectivity index (χ4n) is 7.96. The summed E-state index contributed by atoms with van der Waals surface area (Å²) >= 11 is 1.90. The molecule has 1 aromatic heterocycles. The summed E-state index contributed by atoms with van der Waals surface area (Å²) in [6, 6.07) is 49.5. The van der Waals surface area contributed by atoms with Crippen molar-refractivity contribution in [1.29, 1.82) is 0 Å². The highest BCUT2D eigenvalue weighted by atomic mass is 32.1. The molecule has 0 unspecified atom stereocenters. The van der Waals surface area contributed by atoms with Crippen LogP contribution in [0.3, 0.4) is 0 Å². The molecule has 0 amide bonds. The molecule has 2 aliphatic rings. The van der Waals surface area contributed by atoms with Gasteiger partial charge in [0, 0.05) is 32.0 Å². The molecular formula is C42H34N2S. The van der Waals surface area contributed by atoms with Crippen LogP contribution in [0.25, 0.3) is 20.2 Å². The van der Waals surface area contributed by atoms with Crippen LogP contribution in [0.1, 0.15) is 49.9 Å². The van der Waals surface area contributed by atoms with Crippen molar-refractivity contribution in [3.8, 4) is 0 Å². The van der Waals surface area contributed by atoms with Gasteiger partial charge in [0.05, 0.1) is 33.1 Å². The molecule has 0 radical (unpaired) electrons. The number of nitrogens with zero attached hydrogens (tertiary/aromatic N) is 2. The first-order valence-corrected chi connectivity index (χ1v) is 16.6. The maximum atomic E-state index is 2.49. The van der Waals surface area contributed by atoms with E-state index >= 15 is 0 Å². The average molecular weight is 599 g/mol. The molecule has 2 aliphatic heterocycles. The highest BCUT2D eigenvalue weighted by Crippen LogP contribution is 2.55. The van der Waals surface area contributed by atoms with E-state index in [4.69, 9.17) is 0 Å². The minimum Gasteiger partial charge on any atom is -0.310 e. The Kier molecular flexibility index (Phi) is 5.50. The molecule has 0 N–H and O–H groups in total. The second-order valence-corrected chi connectivity index (χ2v) is 14.5. The molecule has 45 heavy (non-hydrogen) atoms. The molecule has 0 saturated heterocycles. The van der Waals surface area contributed by atoms with Crippen LogP contribution in [-0.2, 0) is 10.8 Å². The van der Waals surface area contributed by atoms with E-state index in [-0.39, 0.29) is 10.8 Å². The summed E-state index contributed by atoms with van der Waals surface area (Å²) in [7, 11) is 0. The minimum atomic E-state index is -0.0811. The zero-order valence-corrected chi connectivity index (χ0v) is 26.8. The van der Waals surface area contributed by atoms with Gasteiger partial charge >= 0.3 is 0 Å². The first kappa shape index (κ1) is 26.5. The van der Waals surface area contributed by atoms with Gasteiger partial charge in [-0.2, -0.15) is 0 Å². The molecule has 0 aliphatic carbocycles. The van der Waals surface area contributed by atoms with E-state index in [1.54, 1.807) is 0 Å². The fraction of sp³-hybridized carbons (Fsp3) is 0.143. The van der Waals surface area contributed by atoms with Gasteiger partial charge in [-0.3, -0.25) is 0 Å². The molecule has 3 heteroatoms.